The standard InChI is InChI=1S/C9H17F2N3/c1-3-4-13-8(5-12)6-14(2)7-9(10)11/h8-9,13H,3-4,6-7H2,1-2H3. The van der Waals surface area contributed by atoms with E-state index in [1.54, 1.807) is 7.05 Å². The Morgan fingerprint density at radius 3 is 2.50 bits per heavy atom. The summed E-state index contributed by atoms with van der Waals surface area (Å²) >= 11 is 0. The molecule has 0 radical (unpaired) electrons. The molecule has 1 atom stereocenters. The fraction of sp³-hybridized carbons (Fsp3) is 0.889. The number of nitriles is 1. The van der Waals surface area contributed by atoms with Gasteiger partial charge < -0.3 is 5.32 Å². The van der Waals surface area contributed by atoms with Crippen molar-refractivity contribution in [2.24, 2.45) is 0 Å². The largest absolute Gasteiger partial charge is 0.301 e. The second-order valence-electron chi connectivity index (χ2n) is 3.25. The zero-order valence-electron chi connectivity index (χ0n) is 8.63. The molecule has 0 spiro atoms. The van der Waals surface area contributed by atoms with E-state index in [0.29, 0.717) is 6.54 Å². The van der Waals surface area contributed by atoms with Gasteiger partial charge in [-0.1, -0.05) is 6.92 Å². The monoisotopic (exact) mass is 205 g/mol. The van der Waals surface area contributed by atoms with Gasteiger partial charge in [0.2, 0.25) is 0 Å². The molecular weight excluding hydrogens is 188 g/mol. The van der Waals surface area contributed by atoms with Crippen molar-refractivity contribution in [2.45, 2.75) is 25.8 Å². The normalized spacial score (nSPS) is 13.2. The predicted molar refractivity (Wildman–Crippen MR) is 51.2 cm³/mol. The third-order valence-corrected chi connectivity index (χ3v) is 1.74. The van der Waals surface area contributed by atoms with Gasteiger partial charge in [0.1, 0.15) is 6.04 Å². The van der Waals surface area contributed by atoms with E-state index in [1.807, 2.05) is 13.0 Å². The highest BCUT2D eigenvalue weighted by molar-refractivity contribution is 4.91. The summed E-state index contributed by atoms with van der Waals surface area (Å²) in [6, 6.07) is 1.68. The molecule has 82 valence electrons. The van der Waals surface area contributed by atoms with E-state index in [-0.39, 0.29) is 12.6 Å². The van der Waals surface area contributed by atoms with Crippen molar-refractivity contribution in [1.29, 1.82) is 5.26 Å². The highest BCUT2D eigenvalue weighted by Crippen LogP contribution is 1.96. The number of nitrogens with zero attached hydrogens (tertiary/aromatic N) is 2. The van der Waals surface area contributed by atoms with Crippen molar-refractivity contribution < 1.29 is 8.78 Å². The minimum atomic E-state index is -2.34. The van der Waals surface area contributed by atoms with E-state index in [1.165, 1.54) is 4.90 Å². The van der Waals surface area contributed by atoms with Gasteiger partial charge in [-0.3, -0.25) is 4.90 Å². The van der Waals surface area contributed by atoms with Crippen LogP contribution < -0.4 is 5.32 Å². The third-order valence-electron chi connectivity index (χ3n) is 1.74. The Balaban J connectivity index is 3.75. The van der Waals surface area contributed by atoms with Crippen molar-refractivity contribution in [2.75, 3.05) is 26.7 Å². The van der Waals surface area contributed by atoms with Crippen LogP contribution in [0.15, 0.2) is 0 Å². The minimum Gasteiger partial charge on any atom is -0.301 e. The molecule has 0 aromatic rings. The van der Waals surface area contributed by atoms with Crippen LogP contribution in [0.3, 0.4) is 0 Å². The molecule has 0 saturated carbocycles. The first-order valence-electron chi connectivity index (χ1n) is 4.69. The van der Waals surface area contributed by atoms with Gasteiger partial charge in [0.25, 0.3) is 6.43 Å². The highest BCUT2D eigenvalue weighted by atomic mass is 19.3. The summed E-state index contributed by atoms with van der Waals surface area (Å²) < 4.78 is 23.9. The van der Waals surface area contributed by atoms with Gasteiger partial charge in [-0.2, -0.15) is 5.26 Å². The Hall–Kier alpha value is -0.730. The van der Waals surface area contributed by atoms with E-state index < -0.39 is 6.43 Å². The number of hydrogen-bond acceptors (Lipinski definition) is 3. The molecule has 0 rings (SSSR count). The van der Waals surface area contributed by atoms with Crippen LogP contribution in [0.2, 0.25) is 0 Å². The Bertz CT molecular complexity index is 179. The molecule has 0 aliphatic heterocycles. The van der Waals surface area contributed by atoms with Gasteiger partial charge in [-0.05, 0) is 20.0 Å². The number of halogens is 2. The van der Waals surface area contributed by atoms with E-state index >= 15 is 0 Å². The molecule has 0 fully saturated rings. The van der Waals surface area contributed by atoms with Crippen LogP contribution >= 0.6 is 0 Å². The molecule has 0 saturated heterocycles. The van der Waals surface area contributed by atoms with Gasteiger partial charge in [0, 0.05) is 6.54 Å². The van der Waals surface area contributed by atoms with Gasteiger partial charge in [-0.15, -0.1) is 0 Å². The second kappa shape index (κ2) is 7.65. The summed E-state index contributed by atoms with van der Waals surface area (Å²) in [6.07, 6.45) is -1.41. The van der Waals surface area contributed by atoms with Crippen LogP contribution in [0.25, 0.3) is 0 Å². The Morgan fingerprint density at radius 2 is 2.07 bits per heavy atom. The van der Waals surface area contributed by atoms with Crippen LogP contribution in [-0.4, -0.2) is 44.0 Å². The molecule has 1 unspecified atom stereocenters. The quantitative estimate of drug-likeness (QED) is 0.676. The van der Waals surface area contributed by atoms with Crippen molar-refractivity contribution >= 4 is 0 Å². The van der Waals surface area contributed by atoms with E-state index in [4.69, 9.17) is 5.26 Å². The SMILES string of the molecule is CCCNC(C#N)CN(C)CC(F)F. The third kappa shape index (κ3) is 6.75. The first kappa shape index (κ1) is 13.3. The average Bonchev–Trinajstić information content (AvgIpc) is 2.10. The molecule has 3 nitrogen and oxygen atoms in total. The Kier molecular flexibility index (Phi) is 7.25. The minimum absolute atomic E-state index is 0.286. The fourth-order valence-electron chi connectivity index (χ4n) is 1.09. The maximum Gasteiger partial charge on any atom is 0.251 e. The summed E-state index contributed by atoms with van der Waals surface area (Å²) in [5, 5.41) is 11.7. The number of hydrogen-bond donors (Lipinski definition) is 1. The maximum absolute atomic E-state index is 11.9. The Labute approximate surface area is 83.7 Å². The molecule has 5 heteroatoms. The van der Waals surface area contributed by atoms with Crippen LogP contribution in [0.4, 0.5) is 8.78 Å². The van der Waals surface area contributed by atoms with Crippen LogP contribution in [-0.2, 0) is 0 Å². The molecule has 0 amide bonds. The van der Waals surface area contributed by atoms with E-state index in [2.05, 4.69) is 5.32 Å². The molecule has 0 aromatic carbocycles. The lowest BCUT2D eigenvalue weighted by Crippen LogP contribution is -2.40. The van der Waals surface area contributed by atoms with Crippen LogP contribution in [0, 0.1) is 11.3 Å². The lowest BCUT2D eigenvalue weighted by Gasteiger charge is -2.19. The smallest absolute Gasteiger partial charge is 0.251 e. The number of likely N-dealkylation sites (N-methyl/N-ethyl adjacent to an activating group) is 1. The number of nitrogens with one attached hydrogen (secondary N) is 1. The molecule has 0 heterocycles. The highest BCUT2D eigenvalue weighted by Gasteiger charge is 2.12. The molecule has 0 aliphatic carbocycles. The van der Waals surface area contributed by atoms with Crippen molar-refractivity contribution in [3.05, 3.63) is 0 Å². The van der Waals surface area contributed by atoms with Crippen molar-refractivity contribution in [3.8, 4) is 6.07 Å². The predicted octanol–water partition coefficient (Wildman–Crippen LogP) is 1.08. The van der Waals surface area contributed by atoms with Crippen LogP contribution in [0.1, 0.15) is 13.3 Å². The molecule has 1 N–H and O–H groups in total. The summed E-state index contributed by atoms with van der Waals surface area (Å²) in [5.41, 5.74) is 0. The average molecular weight is 205 g/mol. The first-order chi connectivity index (χ1) is 6.60. The molecule has 0 aliphatic rings. The summed E-state index contributed by atoms with van der Waals surface area (Å²) in [5.74, 6) is 0. The van der Waals surface area contributed by atoms with E-state index in [9.17, 15) is 8.78 Å². The fourth-order valence-corrected chi connectivity index (χ4v) is 1.09. The lowest BCUT2D eigenvalue weighted by atomic mass is 10.3. The van der Waals surface area contributed by atoms with Gasteiger partial charge in [0.15, 0.2) is 0 Å². The summed E-state index contributed by atoms with van der Waals surface area (Å²) in [6.45, 7) is 2.78. The molecular formula is C9H17F2N3. The van der Waals surface area contributed by atoms with Gasteiger partial charge in [0.05, 0.1) is 12.6 Å². The lowest BCUT2D eigenvalue weighted by molar-refractivity contribution is 0.0983. The van der Waals surface area contributed by atoms with Crippen molar-refractivity contribution in [1.82, 2.24) is 10.2 Å². The summed E-state index contributed by atoms with van der Waals surface area (Å²) in [4.78, 5) is 1.46. The first-order valence-corrected chi connectivity index (χ1v) is 4.69. The molecule has 0 bridgehead atoms. The van der Waals surface area contributed by atoms with Gasteiger partial charge in [-0.25, -0.2) is 8.78 Å². The zero-order valence-corrected chi connectivity index (χ0v) is 8.63. The second-order valence-corrected chi connectivity index (χ2v) is 3.25. The number of alkyl halides is 2. The van der Waals surface area contributed by atoms with Crippen LogP contribution in [0.5, 0.6) is 0 Å². The van der Waals surface area contributed by atoms with E-state index in [0.717, 1.165) is 13.0 Å². The molecule has 14 heavy (non-hydrogen) atoms. The topological polar surface area (TPSA) is 39.1 Å². The van der Waals surface area contributed by atoms with Crippen molar-refractivity contribution in [3.63, 3.8) is 0 Å². The Morgan fingerprint density at radius 1 is 1.43 bits per heavy atom. The zero-order chi connectivity index (χ0) is 11.0. The maximum atomic E-state index is 11.9. The summed E-state index contributed by atoms with van der Waals surface area (Å²) in [7, 11) is 1.59. The number of rotatable bonds is 7. The van der Waals surface area contributed by atoms with Gasteiger partial charge >= 0.3 is 0 Å². The molecule has 0 aromatic heterocycles.